The molecule has 0 saturated heterocycles. The van der Waals surface area contributed by atoms with Crippen LogP contribution >= 0.6 is 11.3 Å². The van der Waals surface area contributed by atoms with E-state index >= 15 is 0 Å². The molecule has 0 spiro atoms. The normalized spacial score (nSPS) is 13.2. The molecule has 2 N–H and O–H groups in total. The second-order valence-electron chi connectivity index (χ2n) is 3.20. The Labute approximate surface area is 83.6 Å². The van der Waals surface area contributed by atoms with Crippen LogP contribution < -0.4 is 5.32 Å². The van der Waals surface area contributed by atoms with Gasteiger partial charge in [0.05, 0.1) is 6.10 Å². The number of aryl methyl sites for hydroxylation is 1. The van der Waals surface area contributed by atoms with Crippen molar-refractivity contribution in [3.8, 4) is 0 Å². The Kier molecular flexibility index (Phi) is 4.42. The quantitative estimate of drug-likeness (QED) is 0.757. The summed E-state index contributed by atoms with van der Waals surface area (Å²) in [5.41, 5.74) is 1.42. The third-order valence-corrected chi connectivity index (χ3v) is 2.91. The number of hydrogen-bond donors (Lipinski definition) is 2. The van der Waals surface area contributed by atoms with E-state index in [1.807, 2.05) is 0 Å². The van der Waals surface area contributed by atoms with Gasteiger partial charge in [-0.3, -0.25) is 0 Å². The first-order chi connectivity index (χ1) is 6.24. The molecule has 0 aliphatic rings. The second-order valence-corrected chi connectivity index (χ2v) is 4.20. The number of aliphatic hydroxyl groups excluding tert-OH is 1. The highest BCUT2D eigenvalue weighted by molar-refractivity contribution is 7.10. The molecule has 0 aliphatic carbocycles. The lowest BCUT2D eigenvalue weighted by molar-refractivity contribution is 0.191. The molecule has 0 amide bonds. The van der Waals surface area contributed by atoms with E-state index in [0.29, 0.717) is 6.54 Å². The fourth-order valence-electron chi connectivity index (χ4n) is 1.23. The Morgan fingerprint density at radius 1 is 1.62 bits per heavy atom. The summed E-state index contributed by atoms with van der Waals surface area (Å²) < 4.78 is 0. The zero-order valence-corrected chi connectivity index (χ0v) is 9.03. The zero-order valence-electron chi connectivity index (χ0n) is 8.21. The van der Waals surface area contributed by atoms with Crippen LogP contribution in [0.25, 0.3) is 0 Å². The van der Waals surface area contributed by atoms with Gasteiger partial charge in [-0.15, -0.1) is 11.3 Å². The molecule has 0 aliphatic heterocycles. The molecule has 0 saturated carbocycles. The van der Waals surface area contributed by atoms with Gasteiger partial charge in [-0.05, 0) is 30.4 Å². The minimum absolute atomic E-state index is 0.259. The molecule has 0 unspecified atom stereocenters. The summed E-state index contributed by atoms with van der Waals surface area (Å²) >= 11 is 1.78. The standard InChI is InChI=1S/C10H17NOS/c1-3-9-4-5-13-10(9)7-11-6-8(2)12/h4-5,8,11-12H,3,6-7H2,1-2H3/t8-/m0/s1. The Hall–Kier alpha value is -0.380. The molecule has 0 aromatic carbocycles. The average molecular weight is 199 g/mol. The van der Waals surface area contributed by atoms with Crippen molar-refractivity contribution in [3.63, 3.8) is 0 Å². The van der Waals surface area contributed by atoms with Crippen molar-refractivity contribution in [2.75, 3.05) is 6.54 Å². The smallest absolute Gasteiger partial charge is 0.0636 e. The van der Waals surface area contributed by atoms with Gasteiger partial charge in [0, 0.05) is 18.0 Å². The van der Waals surface area contributed by atoms with Crippen LogP contribution in [0.15, 0.2) is 11.4 Å². The van der Waals surface area contributed by atoms with Crippen LogP contribution in [0.4, 0.5) is 0 Å². The molecular formula is C10H17NOS. The van der Waals surface area contributed by atoms with Crippen molar-refractivity contribution < 1.29 is 5.11 Å². The van der Waals surface area contributed by atoms with Gasteiger partial charge in [0.1, 0.15) is 0 Å². The van der Waals surface area contributed by atoms with E-state index in [2.05, 4.69) is 23.7 Å². The van der Waals surface area contributed by atoms with Crippen LogP contribution in [0.2, 0.25) is 0 Å². The highest BCUT2D eigenvalue weighted by Crippen LogP contribution is 2.16. The van der Waals surface area contributed by atoms with E-state index in [1.165, 1.54) is 10.4 Å². The highest BCUT2D eigenvalue weighted by atomic mass is 32.1. The third kappa shape index (κ3) is 3.46. The summed E-state index contributed by atoms with van der Waals surface area (Å²) in [6, 6.07) is 2.17. The van der Waals surface area contributed by atoms with Gasteiger partial charge in [-0.2, -0.15) is 0 Å². The molecule has 2 nitrogen and oxygen atoms in total. The largest absolute Gasteiger partial charge is 0.392 e. The fraction of sp³-hybridized carbons (Fsp3) is 0.600. The maximum Gasteiger partial charge on any atom is 0.0636 e. The molecule has 1 aromatic rings. The monoisotopic (exact) mass is 199 g/mol. The first-order valence-corrected chi connectivity index (χ1v) is 5.56. The number of thiophene rings is 1. The first-order valence-electron chi connectivity index (χ1n) is 4.68. The number of hydrogen-bond acceptors (Lipinski definition) is 3. The number of aliphatic hydroxyl groups is 1. The molecular weight excluding hydrogens is 182 g/mol. The summed E-state index contributed by atoms with van der Waals surface area (Å²) in [4.78, 5) is 1.39. The van der Waals surface area contributed by atoms with Gasteiger partial charge < -0.3 is 10.4 Å². The van der Waals surface area contributed by atoms with Crippen LogP contribution in [0.5, 0.6) is 0 Å². The van der Waals surface area contributed by atoms with Gasteiger partial charge in [0.2, 0.25) is 0 Å². The lowest BCUT2D eigenvalue weighted by atomic mass is 10.2. The summed E-state index contributed by atoms with van der Waals surface area (Å²) in [5.74, 6) is 0. The van der Waals surface area contributed by atoms with Crippen molar-refractivity contribution in [1.29, 1.82) is 0 Å². The maximum absolute atomic E-state index is 9.05. The lowest BCUT2D eigenvalue weighted by Gasteiger charge is -2.06. The molecule has 0 radical (unpaired) electrons. The second kappa shape index (κ2) is 5.37. The maximum atomic E-state index is 9.05. The van der Waals surface area contributed by atoms with Crippen molar-refractivity contribution in [2.24, 2.45) is 0 Å². The zero-order chi connectivity index (χ0) is 9.68. The van der Waals surface area contributed by atoms with Crippen molar-refractivity contribution in [2.45, 2.75) is 32.9 Å². The molecule has 1 aromatic heterocycles. The van der Waals surface area contributed by atoms with Gasteiger partial charge in [-0.25, -0.2) is 0 Å². The Balaban J connectivity index is 2.36. The van der Waals surface area contributed by atoms with Crippen LogP contribution in [-0.4, -0.2) is 17.8 Å². The van der Waals surface area contributed by atoms with Gasteiger partial charge in [0.15, 0.2) is 0 Å². The molecule has 0 bridgehead atoms. The average Bonchev–Trinajstić information content (AvgIpc) is 2.51. The van der Waals surface area contributed by atoms with E-state index in [9.17, 15) is 0 Å². The molecule has 1 heterocycles. The Morgan fingerprint density at radius 3 is 3.00 bits per heavy atom. The van der Waals surface area contributed by atoms with Gasteiger partial charge in [0.25, 0.3) is 0 Å². The van der Waals surface area contributed by atoms with Crippen molar-refractivity contribution in [3.05, 3.63) is 21.9 Å². The SMILES string of the molecule is CCc1ccsc1CNC[C@H](C)O. The summed E-state index contributed by atoms with van der Waals surface area (Å²) in [6.07, 6.45) is 0.833. The number of nitrogens with one attached hydrogen (secondary N) is 1. The lowest BCUT2D eigenvalue weighted by Crippen LogP contribution is -2.23. The highest BCUT2D eigenvalue weighted by Gasteiger charge is 2.02. The van der Waals surface area contributed by atoms with Crippen molar-refractivity contribution >= 4 is 11.3 Å². The first kappa shape index (κ1) is 10.7. The van der Waals surface area contributed by atoms with E-state index in [4.69, 9.17) is 5.11 Å². The predicted octanol–water partition coefficient (Wildman–Crippen LogP) is 1.78. The van der Waals surface area contributed by atoms with Crippen LogP contribution in [0.1, 0.15) is 24.3 Å². The summed E-state index contributed by atoms with van der Waals surface area (Å²) in [6.45, 7) is 5.51. The molecule has 1 rings (SSSR count). The molecule has 0 fully saturated rings. The van der Waals surface area contributed by atoms with Crippen LogP contribution in [0.3, 0.4) is 0 Å². The van der Waals surface area contributed by atoms with E-state index < -0.39 is 0 Å². The molecule has 3 heteroatoms. The summed E-state index contributed by atoms with van der Waals surface area (Å²) in [7, 11) is 0. The summed E-state index contributed by atoms with van der Waals surface area (Å²) in [5, 5.41) is 14.4. The minimum atomic E-state index is -0.259. The Morgan fingerprint density at radius 2 is 2.38 bits per heavy atom. The molecule has 1 atom stereocenters. The Bertz CT molecular complexity index is 245. The van der Waals surface area contributed by atoms with Crippen molar-refractivity contribution in [1.82, 2.24) is 5.32 Å². The number of rotatable bonds is 5. The predicted molar refractivity (Wildman–Crippen MR) is 57.1 cm³/mol. The minimum Gasteiger partial charge on any atom is -0.392 e. The van der Waals surface area contributed by atoms with E-state index in [0.717, 1.165) is 13.0 Å². The third-order valence-electron chi connectivity index (χ3n) is 1.94. The fourth-order valence-corrected chi connectivity index (χ4v) is 2.18. The van der Waals surface area contributed by atoms with E-state index in [1.54, 1.807) is 18.3 Å². The molecule has 13 heavy (non-hydrogen) atoms. The molecule has 74 valence electrons. The van der Waals surface area contributed by atoms with E-state index in [-0.39, 0.29) is 6.10 Å². The van der Waals surface area contributed by atoms with Crippen LogP contribution in [0, 0.1) is 0 Å². The van der Waals surface area contributed by atoms with Gasteiger partial charge >= 0.3 is 0 Å². The van der Waals surface area contributed by atoms with Gasteiger partial charge in [-0.1, -0.05) is 6.92 Å². The topological polar surface area (TPSA) is 32.3 Å². The van der Waals surface area contributed by atoms with Crippen LogP contribution in [-0.2, 0) is 13.0 Å².